The zero-order valence-corrected chi connectivity index (χ0v) is 10.7. The molecule has 1 heterocycles. The van der Waals surface area contributed by atoms with Crippen LogP contribution in [0.5, 0.6) is 0 Å². The Morgan fingerprint density at radius 2 is 2.27 bits per heavy atom. The van der Waals surface area contributed by atoms with E-state index in [2.05, 4.69) is 26.1 Å². The molecule has 0 aliphatic carbocycles. The zero-order valence-electron chi connectivity index (χ0n) is 9.84. The van der Waals surface area contributed by atoms with Crippen molar-refractivity contribution in [3.63, 3.8) is 0 Å². The van der Waals surface area contributed by atoms with Gasteiger partial charge in [-0.3, -0.25) is 4.79 Å². The fourth-order valence-electron chi connectivity index (χ4n) is 1.42. The van der Waals surface area contributed by atoms with Crippen molar-refractivity contribution in [3.8, 4) is 0 Å². The van der Waals surface area contributed by atoms with Crippen molar-refractivity contribution in [2.75, 3.05) is 25.5 Å². The molecule has 1 amide bonds. The summed E-state index contributed by atoms with van der Waals surface area (Å²) in [5.41, 5.74) is 0. The Hall–Kier alpha value is -0.220. The summed E-state index contributed by atoms with van der Waals surface area (Å²) in [6, 6.07) is 0. The Kier molecular flexibility index (Phi) is 4.93. The molecule has 1 fully saturated rings. The molecule has 4 heteroatoms. The lowest BCUT2D eigenvalue weighted by atomic mass is 10.1. The molecule has 1 saturated heterocycles. The second kappa shape index (κ2) is 5.75. The molecule has 1 N–H and O–H groups in total. The summed E-state index contributed by atoms with van der Waals surface area (Å²) in [7, 11) is 0. The zero-order chi connectivity index (χ0) is 11.3. The standard InChI is InChI=1S/C11H21NO2S/c1-11(2,3)15-7-5-12-10(13)9-4-6-14-8-9/h9H,4-8H2,1-3H3,(H,12,13). The molecule has 3 nitrogen and oxygen atoms in total. The van der Waals surface area contributed by atoms with Crippen LogP contribution >= 0.6 is 11.8 Å². The predicted molar refractivity (Wildman–Crippen MR) is 64.1 cm³/mol. The largest absolute Gasteiger partial charge is 0.381 e. The van der Waals surface area contributed by atoms with Gasteiger partial charge < -0.3 is 10.1 Å². The number of thioether (sulfide) groups is 1. The number of carbonyl (C=O) groups is 1. The van der Waals surface area contributed by atoms with Gasteiger partial charge in [0.1, 0.15) is 0 Å². The van der Waals surface area contributed by atoms with Crippen molar-refractivity contribution in [3.05, 3.63) is 0 Å². The second-order valence-corrected chi connectivity index (χ2v) is 6.73. The van der Waals surface area contributed by atoms with Gasteiger partial charge in [0, 0.05) is 23.7 Å². The van der Waals surface area contributed by atoms with Crippen molar-refractivity contribution in [1.29, 1.82) is 0 Å². The maximum absolute atomic E-state index is 11.6. The van der Waals surface area contributed by atoms with Crippen molar-refractivity contribution in [2.45, 2.75) is 31.9 Å². The van der Waals surface area contributed by atoms with E-state index in [1.54, 1.807) is 0 Å². The van der Waals surface area contributed by atoms with Gasteiger partial charge in [-0.2, -0.15) is 11.8 Å². The maximum atomic E-state index is 11.6. The molecule has 0 spiro atoms. The quantitative estimate of drug-likeness (QED) is 0.748. The molecule has 15 heavy (non-hydrogen) atoms. The predicted octanol–water partition coefficient (Wildman–Crippen LogP) is 1.67. The van der Waals surface area contributed by atoms with Crippen LogP contribution in [-0.4, -0.2) is 36.2 Å². The van der Waals surface area contributed by atoms with Crippen LogP contribution in [0.2, 0.25) is 0 Å². The van der Waals surface area contributed by atoms with Gasteiger partial charge in [-0.1, -0.05) is 20.8 Å². The normalized spacial score (nSPS) is 21.7. The van der Waals surface area contributed by atoms with Gasteiger partial charge in [-0.05, 0) is 6.42 Å². The minimum atomic E-state index is 0.0876. The number of ether oxygens (including phenoxy) is 1. The topological polar surface area (TPSA) is 38.3 Å². The summed E-state index contributed by atoms with van der Waals surface area (Å²) in [5, 5.41) is 2.96. The number of amides is 1. The molecule has 0 saturated carbocycles. The number of carbonyl (C=O) groups excluding carboxylic acids is 1. The smallest absolute Gasteiger partial charge is 0.225 e. The molecule has 1 rings (SSSR count). The lowest BCUT2D eigenvalue weighted by Crippen LogP contribution is -2.33. The average molecular weight is 231 g/mol. The summed E-state index contributed by atoms with van der Waals surface area (Å²) < 4.78 is 5.45. The molecular formula is C11H21NO2S. The van der Waals surface area contributed by atoms with Crippen LogP contribution in [0.1, 0.15) is 27.2 Å². The lowest BCUT2D eigenvalue weighted by Gasteiger charge is -2.17. The minimum Gasteiger partial charge on any atom is -0.381 e. The Labute approximate surface area is 96.3 Å². The Balaban J connectivity index is 2.07. The van der Waals surface area contributed by atoms with Crippen LogP contribution in [-0.2, 0) is 9.53 Å². The van der Waals surface area contributed by atoms with E-state index < -0.39 is 0 Å². The molecule has 1 aliphatic heterocycles. The number of hydrogen-bond acceptors (Lipinski definition) is 3. The van der Waals surface area contributed by atoms with E-state index in [1.165, 1.54) is 0 Å². The summed E-state index contributed by atoms with van der Waals surface area (Å²) in [6.07, 6.45) is 0.873. The molecule has 88 valence electrons. The highest BCUT2D eigenvalue weighted by atomic mass is 32.2. The third-order valence-electron chi connectivity index (χ3n) is 2.24. The van der Waals surface area contributed by atoms with Gasteiger partial charge in [0.15, 0.2) is 0 Å². The van der Waals surface area contributed by atoms with Crippen molar-refractivity contribution < 1.29 is 9.53 Å². The van der Waals surface area contributed by atoms with E-state index in [0.717, 1.165) is 25.3 Å². The third-order valence-corrected chi connectivity index (χ3v) is 3.51. The number of nitrogens with one attached hydrogen (secondary N) is 1. The van der Waals surface area contributed by atoms with Gasteiger partial charge in [0.05, 0.1) is 12.5 Å². The number of hydrogen-bond donors (Lipinski definition) is 1. The average Bonchev–Trinajstić information content (AvgIpc) is 2.63. The fourth-order valence-corrected chi connectivity index (χ4v) is 2.23. The first kappa shape index (κ1) is 12.8. The van der Waals surface area contributed by atoms with Crippen LogP contribution in [0.3, 0.4) is 0 Å². The first-order chi connectivity index (χ1) is 6.99. The Morgan fingerprint density at radius 3 is 2.80 bits per heavy atom. The number of rotatable bonds is 4. The minimum absolute atomic E-state index is 0.0876. The second-order valence-electron chi connectivity index (χ2n) is 4.81. The first-order valence-corrected chi connectivity index (χ1v) is 6.47. The van der Waals surface area contributed by atoms with E-state index in [1.807, 2.05) is 11.8 Å². The monoisotopic (exact) mass is 231 g/mol. The van der Waals surface area contributed by atoms with E-state index in [-0.39, 0.29) is 16.6 Å². The highest BCUT2D eigenvalue weighted by Gasteiger charge is 2.22. The SMILES string of the molecule is CC(C)(C)SCCNC(=O)C1CCOC1. The van der Waals surface area contributed by atoms with Gasteiger partial charge in [0.25, 0.3) is 0 Å². The van der Waals surface area contributed by atoms with E-state index in [4.69, 9.17) is 4.74 Å². The molecule has 0 aromatic heterocycles. The van der Waals surface area contributed by atoms with Crippen LogP contribution in [0.4, 0.5) is 0 Å². The van der Waals surface area contributed by atoms with Crippen LogP contribution in [0.15, 0.2) is 0 Å². The highest BCUT2D eigenvalue weighted by molar-refractivity contribution is 8.00. The van der Waals surface area contributed by atoms with Gasteiger partial charge in [-0.15, -0.1) is 0 Å². The Morgan fingerprint density at radius 1 is 1.53 bits per heavy atom. The Bertz CT molecular complexity index is 207. The van der Waals surface area contributed by atoms with Crippen molar-refractivity contribution >= 4 is 17.7 Å². The molecule has 0 aromatic carbocycles. The molecule has 1 aliphatic rings. The van der Waals surface area contributed by atoms with E-state index >= 15 is 0 Å². The highest BCUT2D eigenvalue weighted by Crippen LogP contribution is 2.22. The molecule has 1 unspecified atom stereocenters. The molecule has 0 radical (unpaired) electrons. The molecular weight excluding hydrogens is 210 g/mol. The van der Waals surface area contributed by atoms with Crippen molar-refractivity contribution in [2.24, 2.45) is 5.92 Å². The van der Waals surface area contributed by atoms with Crippen LogP contribution in [0.25, 0.3) is 0 Å². The molecule has 0 aromatic rings. The summed E-state index contributed by atoms with van der Waals surface area (Å²) >= 11 is 1.87. The van der Waals surface area contributed by atoms with Gasteiger partial charge in [-0.25, -0.2) is 0 Å². The maximum Gasteiger partial charge on any atom is 0.225 e. The summed E-state index contributed by atoms with van der Waals surface area (Å²) in [5.74, 6) is 1.22. The summed E-state index contributed by atoms with van der Waals surface area (Å²) in [6.45, 7) is 8.64. The fraction of sp³-hybridized carbons (Fsp3) is 0.909. The van der Waals surface area contributed by atoms with Gasteiger partial charge >= 0.3 is 0 Å². The summed E-state index contributed by atoms with van der Waals surface area (Å²) in [4.78, 5) is 11.6. The van der Waals surface area contributed by atoms with Crippen LogP contribution < -0.4 is 5.32 Å². The van der Waals surface area contributed by atoms with Gasteiger partial charge in [0.2, 0.25) is 5.91 Å². The first-order valence-electron chi connectivity index (χ1n) is 5.48. The third kappa shape index (κ3) is 5.42. The molecule has 0 bridgehead atoms. The lowest BCUT2D eigenvalue weighted by molar-refractivity contribution is -0.124. The van der Waals surface area contributed by atoms with E-state index in [9.17, 15) is 4.79 Å². The van der Waals surface area contributed by atoms with Crippen molar-refractivity contribution in [1.82, 2.24) is 5.32 Å². The molecule has 1 atom stereocenters. The van der Waals surface area contributed by atoms with E-state index in [0.29, 0.717) is 6.61 Å². The van der Waals surface area contributed by atoms with Crippen LogP contribution in [0, 0.1) is 5.92 Å².